The van der Waals surface area contributed by atoms with Crippen molar-refractivity contribution in [3.05, 3.63) is 22.8 Å². The lowest BCUT2D eigenvalue weighted by Gasteiger charge is -2.20. The Balaban J connectivity index is 2.69. The average molecular weight is 204 g/mol. The molecule has 0 saturated heterocycles. The van der Waals surface area contributed by atoms with Gasteiger partial charge in [0.15, 0.2) is 5.78 Å². The summed E-state index contributed by atoms with van der Waals surface area (Å²) in [6.07, 6.45) is 1.37. The molecule has 1 aromatic heterocycles. The maximum atomic E-state index is 11.8. The number of carbonyl (C=O) groups is 1. The van der Waals surface area contributed by atoms with Gasteiger partial charge in [0.2, 0.25) is 0 Å². The molecule has 0 fully saturated rings. The van der Waals surface area contributed by atoms with Gasteiger partial charge in [-0.25, -0.2) is 9.97 Å². The standard InChI is InChI=1S/C12H16N2O/c1-7-13-8-5-6-9(15)10(8)11(14-7)12(2,3)4/h5-6H2,1-4H3. The highest BCUT2D eigenvalue weighted by atomic mass is 16.1. The predicted octanol–water partition coefficient (Wildman–Crippen LogP) is 2.21. The topological polar surface area (TPSA) is 42.9 Å². The first-order chi connectivity index (χ1) is 6.89. The largest absolute Gasteiger partial charge is 0.294 e. The fourth-order valence-corrected chi connectivity index (χ4v) is 2.00. The number of Topliss-reactive ketones (excluding diaryl/α,β-unsaturated/α-hetero) is 1. The van der Waals surface area contributed by atoms with Crippen molar-refractivity contribution in [2.24, 2.45) is 0 Å². The molecule has 0 spiro atoms. The normalized spacial score (nSPS) is 15.6. The molecule has 0 aromatic carbocycles. The first kappa shape index (κ1) is 10.3. The molecule has 0 saturated carbocycles. The van der Waals surface area contributed by atoms with Crippen LogP contribution in [0.1, 0.15) is 54.8 Å². The number of carbonyl (C=O) groups excluding carboxylic acids is 1. The molecule has 3 heteroatoms. The van der Waals surface area contributed by atoms with Gasteiger partial charge in [-0.05, 0) is 13.3 Å². The second-order valence-corrected chi connectivity index (χ2v) is 5.11. The van der Waals surface area contributed by atoms with Crippen LogP contribution in [0.25, 0.3) is 0 Å². The second-order valence-electron chi connectivity index (χ2n) is 5.11. The van der Waals surface area contributed by atoms with Crippen LogP contribution in [0.3, 0.4) is 0 Å². The highest BCUT2D eigenvalue weighted by molar-refractivity contribution is 6.01. The number of aryl methyl sites for hydroxylation is 2. The maximum absolute atomic E-state index is 11.8. The van der Waals surface area contributed by atoms with Crippen LogP contribution in [0, 0.1) is 6.92 Å². The Hall–Kier alpha value is -1.25. The van der Waals surface area contributed by atoms with E-state index in [1.165, 1.54) is 0 Å². The zero-order valence-electron chi connectivity index (χ0n) is 9.72. The van der Waals surface area contributed by atoms with Crippen LogP contribution in [0.4, 0.5) is 0 Å². The zero-order valence-corrected chi connectivity index (χ0v) is 9.72. The number of hydrogen-bond donors (Lipinski definition) is 0. The van der Waals surface area contributed by atoms with Gasteiger partial charge in [-0.3, -0.25) is 4.79 Å². The van der Waals surface area contributed by atoms with Crippen molar-refractivity contribution < 1.29 is 4.79 Å². The molecular formula is C12H16N2O. The van der Waals surface area contributed by atoms with Gasteiger partial charge in [0, 0.05) is 11.8 Å². The molecule has 15 heavy (non-hydrogen) atoms. The lowest BCUT2D eigenvalue weighted by molar-refractivity contribution is 0.0992. The number of hydrogen-bond acceptors (Lipinski definition) is 3. The molecule has 3 nitrogen and oxygen atoms in total. The van der Waals surface area contributed by atoms with Crippen LogP contribution in [-0.4, -0.2) is 15.8 Å². The average Bonchev–Trinajstić information content (AvgIpc) is 2.44. The minimum absolute atomic E-state index is 0.0855. The predicted molar refractivity (Wildman–Crippen MR) is 58.1 cm³/mol. The molecule has 0 aliphatic heterocycles. The Morgan fingerprint density at radius 1 is 1.13 bits per heavy atom. The van der Waals surface area contributed by atoms with E-state index in [0.717, 1.165) is 29.2 Å². The van der Waals surface area contributed by atoms with Crippen LogP contribution in [0.2, 0.25) is 0 Å². The lowest BCUT2D eigenvalue weighted by Crippen LogP contribution is -2.20. The van der Waals surface area contributed by atoms with E-state index in [1.54, 1.807) is 0 Å². The molecule has 1 heterocycles. The summed E-state index contributed by atoms with van der Waals surface area (Å²) in [7, 11) is 0. The highest BCUT2D eigenvalue weighted by Crippen LogP contribution is 2.30. The summed E-state index contributed by atoms with van der Waals surface area (Å²) in [5.74, 6) is 0.975. The summed E-state index contributed by atoms with van der Waals surface area (Å²) in [6.45, 7) is 8.14. The van der Waals surface area contributed by atoms with E-state index in [1.807, 2.05) is 6.92 Å². The Morgan fingerprint density at radius 2 is 1.80 bits per heavy atom. The van der Waals surface area contributed by atoms with E-state index in [2.05, 4.69) is 30.7 Å². The SMILES string of the molecule is Cc1nc2c(c(C(C)(C)C)n1)C(=O)CC2. The van der Waals surface area contributed by atoms with Crippen molar-refractivity contribution >= 4 is 5.78 Å². The first-order valence-corrected chi connectivity index (χ1v) is 5.31. The highest BCUT2D eigenvalue weighted by Gasteiger charge is 2.31. The molecular weight excluding hydrogens is 188 g/mol. The summed E-state index contributed by atoms with van der Waals surface area (Å²) in [6, 6.07) is 0. The summed E-state index contributed by atoms with van der Waals surface area (Å²) in [4.78, 5) is 20.5. The van der Waals surface area contributed by atoms with E-state index in [-0.39, 0.29) is 11.2 Å². The molecule has 0 atom stereocenters. The van der Waals surface area contributed by atoms with Gasteiger partial charge in [0.25, 0.3) is 0 Å². The molecule has 0 bridgehead atoms. The third-order valence-electron chi connectivity index (χ3n) is 2.67. The first-order valence-electron chi connectivity index (χ1n) is 5.31. The molecule has 1 aromatic rings. The third-order valence-corrected chi connectivity index (χ3v) is 2.67. The second kappa shape index (κ2) is 3.12. The molecule has 0 radical (unpaired) electrons. The number of fused-ring (bicyclic) bond motifs is 1. The molecule has 0 unspecified atom stereocenters. The van der Waals surface area contributed by atoms with Crippen molar-refractivity contribution in [1.29, 1.82) is 0 Å². The van der Waals surface area contributed by atoms with Crippen molar-refractivity contribution in [3.8, 4) is 0 Å². The minimum atomic E-state index is -0.0855. The Labute approximate surface area is 89.9 Å². The number of rotatable bonds is 0. The molecule has 1 aliphatic carbocycles. The van der Waals surface area contributed by atoms with Gasteiger partial charge >= 0.3 is 0 Å². The van der Waals surface area contributed by atoms with Crippen molar-refractivity contribution in [1.82, 2.24) is 9.97 Å². The minimum Gasteiger partial charge on any atom is -0.294 e. The smallest absolute Gasteiger partial charge is 0.166 e. The van der Waals surface area contributed by atoms with Crippen LogP contribution >= 0.6 is 0 Å². The van der Waals surface area contributed by atoms with E-state index in [9.17, 15) is 4.79 Å². The Bertz CT molecular complexity index is 430. The summed E-state index contributed by atoms with van der Waals surface area (Å²) < 4.78 is 0. The Morgan fingerprint density at radius 3 is 2.40 bits per heavy atom. The van der Waals surface area contributed by atoms with Gasteiger partial charge in [0.05, 0.1) is 17.0 Å². The van der Waals surface area contributed by atoms with Crippen molar-refractivity contribution in [3.63, 3.8) is 0 Å². The summed E-state index contributed by atoms with van der Waals surface area (Å²) in [5, 5.41) is 0. The molecule has 1 aliphatic rings. The van der Waals surface area contributed by atoms with Gasteiger partial charge in [-0.2, -0.15) is 0 Å². The fraction of sp³-hybridized carbons (Fsp3) is 0.583. The van der Waals surface area contributed by atoms with Crippen molar-refractivity contribution in [2.75, 3.05) is 0 Å². The third kappa shape index (κ3) is 1.66. The number of nitrogens with zero attached hydrogens (tertiary/aromatic N) is 2. The van der Waals surface area contributed by atoms with Crippen LogP contribution < -0.4 is 0 Å². The fourth-order valence-electron chi connectivity index (χ4n) is 2.00. The molecule has 0 amide bonds. The van der Waals surface area contributed by atoms with Crippen LogP contribution in [-0.2, 0) is 11.8 Å². The van der Waals surface area contributed by atoms with Gasteiger partial charge in [-0.15, -0.1) is 0 Å². The van der Waals surface area contributed by atoms with Crippen LogP contribution in [0.15, 0.2) is 0 Å². The summed E-state index contributed by atoms with van der Waals surface area (Å²) in [5.41, 5.74) is 2.55. The Kier molecular flexibility index (Phi) is 2.14. The monoisotopic (exact) mass is 204 g/mol. The molecule has 2 rings (SSSR count). The van der Waals surface area contributed by atoms with E-state index in [0.29, 0.717) is 6.42 Å². The van der Waals surface area contributed by atoms with Gasteiger partial charge in [-0.1, -0.05) is 20.8 Å². The summed E-state index contributed by atoms with van der Waals surface area (Å²) >= 11 is 0. The quantitative estimate of drug-likeness (QED) is 0.650. The van der Waals surface area contributed by atoms with E-state index in [4.69, 9.17) is 0 Å². The van der Waals surface area contributed by atoms with Gasteiger partial charge < -0.3 is 0 Å². The van der Waals surface area contributed by atoms with E-state index >= 15 is 0 Å². The van der Waals surface area contributed by atoms with E-state index < -0.39 is 0 Å². The molecule has 0 N–H and O–H groups in total. The van der Waals surface area contributed by atoms with Gasteiger partial charge in [0.1, 0.15) is 5.82 Å². The number of ketones is 1. The maximum Gasteiger partial charge on any atom is 0.166 e. The van der Waals surface area contributed by atoms with Crippen molar-refractivity contribution in [2.45, 2.75) is 46.0 Å². The van der Waals surface area contributed by atoms with Crippen LogP contribution in [0.5, 0.6) is 0 Å². The molecule has 80 valence electrons. The lowest BCUT2D eigenvalue weighted by atomic mass is 9.88. The number of aromatic nitrogens is 2. The zero-order chi connectivity index (χ0) is 11.2.